The van der Waals surface area contributed by atoms with Crippen LogP contribution in [0.4, 0.5) is 0 Å². The normalized spacial score (nSPS) is 10.0. The van der Waals surface area contributed by atoms with Gasteiger partial charge in [0.1, 0.15) is 19.5 Å². The highest BCUT2D eigenvalue weighted by atomic mass is 16.6. The van der Waals surface area contributed by atoms with E-state index in [0.717, 1.165) is 22.4 Å². The van der Waals surface area contributed by atoms with E-state index >= 15 is 0 Å². The molecule has 0 spiro atoms. The molecule has 0 fully saturated rings. The second-order valence-electron chi connectivity index (χ2n) is 4.77. The molecule has 2 rings (SSSR count). The maximum Gasteiger partial charge on any atom is 0.119 e. The molecule has 0 bridgehead atoms. The highest BCUT2D eigenvalue weighted by Crippen LogP contribution is 2.25. The Labute approximate surface area is 164 Å². The van der Waals surface area contributed by atoms with Gasteiger partial charge in [-0.3, -0.25) is 0 Å². The lowest BCUT2D eigenvalue weighted by atomic mass is 10.0. The van der Waals surface area contributed by atoms with Gasteiger partial charge in [-0.05, 0) is 29.3 Å². The number of ether oxygens (including phenoxy) is 2. The van der Waals surface area contributed by atoms with E-state index in [0.29, 0.717) is 13.2 Å². The zero-order valence-electron chi connectivity index (χ0n) is 17.4. The third kappa shape index (κ3) is 9.61. The van der Waals surface area contributed by atoms with Crippen LogP contribution in [0.2, 0.25) is 0 Å². The lowest BCUT2D eigenvalue weighted by Crippen LogP contribution is -1.94. The maximum absolute atomic E-state index is 5.65. The second-order valence-corrected chi connectivity index (χ2v) is 4.77. The number of methoxy groups -OCH3 is 1. The van der Waals surface area contributed by atoms with Crippen LogP contribution in [0.5, 0.6) is 5.75 Å². The number of rotatable bonds is 8. The zero-order chi connectivity index (χ0) is 20.3. The van der Waals surface area contributed by atoms with Gasteiger partial charge in [-0.2, -0.15) is 0 Å². The van der Waals surface area contributed by atoms with Crippen molar-refractivity contribution in [3.8, 4) is 16.9 Å². The van der Waals surface area contributed by atoms with Gasteiger partial charge in [0.05, 0.1) is 12.8 Å². The fourth-order valence-electron chi connectivity index (χ4n) is 2.09. The third-order valence-corrected chi connectivity index (χ3v) is 3.20. The Kier molecular flexibility index (Phi) is 15.2. The van der Waals surface area contributed by atoms with Gasteiger partial charge in [0, 0.05) is 12.7 Å². The minimum absolute atomic E-state index is 0.528. The predicted molar refractivity (Wildman–Crippen MR) is 116 cm³/mol. The molecule has 0 amide bonds. The van der Waals surface area contributed by atoms with Crippen molar-refractivity contribution in [3.63, 3.8) is 0 Å². The molecule has 0 saturated heterocycles. The molecular formula is C23H33NO3. The standard InChI is InChI=1S/C19H21NO3.2C2H6/c1-21-13-5-6-14-23-18-11-9-16(10-12-18)19-8-4-3-7-17(19)15-20-22-2;2*1-2/h3-12,15H,13-14H2,1-2H3;2*1-2H3/b6-5+,20-15+;;. The average molecular weight is 372 g/mol. The van der Waals surface area contributed by atoms with Crippen molar-refractivity contribution >= 4 is 6.21 Å². The predicted octanol–water partition coefficient (Wildman–Crippen LogP) is 5.97. The first-order valence-electron chi connectivity index (χ1n) is 9.38. The zero-order valence-corrected chi connectivity index (χ0v) is 17.4. The summed E-state index contributed by atoms with van der Waals surface area (Å²) in [7, 11) is 3.20. The molecule has 0 N–H and O–H groups in total. The van der Waals surface area contributed by atoms with Crippen LogP contribution in [0.1, 0.15) is 33.3 Å². The molecule has 0 aliphatic rings. The van der Waals surface area contributed by atoms with Gasteiger partial charge in [-0.15, -0.1) is 0 Å². The highest BCUT2D eigenvalue weighted by Gasteiger charge is 2.03. The summed E-state index contributed by atoms with van der Waals surface area (Å²) in [5.74, 6) is 0.832. The smallest absolute Gasteiger partial charge is 0.119 e. The Morgan fingerprint density at radius 1 is 0.815 bits per heavy atom. The molecule has 0 saturated carbocycles. The van der Waals surface area contributed by atoms with Gasteiger partial charge in [0.15, 0.2) is 0 Å². The molecule has 0 aliphatic carbocycles. The SMILES string of the molecule is CC.CC.COC/C=C/COc1ccc(-c2ccccc2/C=N/OC)cc1. The summed E-state index contributed by atoms with van der Waals surface area (Å²) in [5, 5.41) is 3.84. The maximum atomic E-state index is 5.65. The monoisotopic (exact) mass is 371 g/mol. The average Bonchev–Trinajstić information content (AvgIpc) is 2.76. The summed E-state index contributed by atoms with van der Waals surface area (Å²) in [4.78, 5) is 4.76. The summed E-state index contributed by atoms with van der Waals surface area (Å²) in [5.41, 5.74) is 3.20. The Hall–Kier alpha value is -2.59. The lowest BCUT2D eigenvalue weighted by molar-refractivity contribution is 0.215. The molecule has 2 aromatic carbocycles. The number of hydrogen-bond acceptors (Lipinski definition) is 4. The minimum atomic E-state index is 0.528. The molecule has 0 unspecified atom stereocenters. The molecule has 0 heterocycles. The first kappa shape index (κ1) is 24.4. The summed E-state index contributed by atoms with van der Waals surface area (Å²) in [6.45, 7) is 9.13. The molecule has 0 aromatic heterocycles. The van der Waals surface area contributed by atoms with E-state index < -0.39 is 0 Å². The van der Waals surface area contributed by atoms with Crippen molar-refractivity contribution < 1.29 is 14.3 Å². The van der Waals surface area contributed by atoms with E-state index in [1.54, 1.807) is 13.3 Å². The van der Waals surface area contributed by atoms with Crippen molar-refractivity contribution in [1.29, 1.82) is 0 Å². The molecule has 2 aromatic rings. The Morgan fingerprint density at radius 3 is 2.07 bits per heavy atom. The van der Waals surface area contributed by atoms with Crippen LogP contribution in [0.25, 0.3) is 11.1 Å². The van der Waals surface area contributed by atoms with Crippen molar-refractivity contribution in [2.75, 3.05) is 27.4 Å². The van der Waals surface area contributed by atoms with Crippen LogP contribution in [0.3, 0.4) is 0 Å². The molecule has 4 nitrogen and oxygen atoms in total. The summed E-state index contributed by atoms with van der Waals surface area (Å²) >= 11 is 0. The lowest BCUT2D eigenvalue weighted by Gasteiger charge is -2.08. The van der Waals surface area contributed by atoms with Crippen LogP contribution in [-0.4, -0.2) is 33.6 Å². The van der Waals surface area contributed by atoms with E-state index in [4.69, 9.17) is 14.3 Å². The number of nitrogens with zero attached hydrogens (tertiary/aromatic N) is 1. The number of benzene rings is 2. The van der Waals surface area contributed by atoms with E-state index in [1.165, 1.54) is 7.11 Å². The molecule has 148 valence electrons. The fourth-order valence-corrected chi connectivity index (χ4v) is 2.09. The molecule has 0 atom stereocenters. The van der Waals surface area contributed by atoms with Gasteiger partial charge in [-0.1, -0.05) is 75.3 Å². The van der Waals surface area contributed by atoms with E-state index in [1.807, 2.05) is 82.3 Å². The Balaban J connectivity index is 0.00000158. The van der Waals surface area contributed by atoms with Crippen molar-refractivity contribution in [2.24, 2.45) is 5.16 Å². The van der Waals surface area contributed by atoms with Gasteiger partial charge >= 0.3 is 0 Å². The summed E-state index contributed by atoms with van der Waals surface area (Å²) < 4.78 is 10.6. The number of oxime groups is 1. The first-order chi connectivity index (χ1) is 13.3. The summed E-state index contributed by atoms with van der Waals surface area (Å²) in [6.07, 6.45) is 5.58. The quantitative estimate of drug-likeness (QED) is 0.326. The minimum Gasteiger partial charge on any atom is -0.490 e. The van der Waals surface area contributed by atoms with Gasteiger partial charge in [0.2, 0.25) is 0 Å². The molecular weight excluding hydrogens is 338 g/mol. The summed E-state index contributed by atoms with van der Waals surface area (Å²) in [6, 6.07) is 16.0. The second kappa shape index (κ2) is 16.9. The van der Waals surface area contributed by atoms with E-state index in [-0.39, 0.29) is 0 Å². The first-order valence-corrected chi connectivity index (χ1v) is 9.38. The van der Waals surface area contributed by atoms with Crippen LogP contribution >= 0.6 is 0 Å². The molecule has 0 aliphatic heterocycles. The van der Waals surface area contributed by atoms with E-state index in [9.17, 15) is 0 Å². The molecule has 0 radical (unpaired) electrons. The van der Waals surface area contributed by atoms with Crippen molar-refractivity contribution in [2.45, 2.75) is 27.7 Å². The van der Waals surface area contributed by atoms with E-state index in [2.05, 4.69) is 11.2 Å². The van der Waals surface area contributed by atoms with Gasteiger partial charge in [0.25, 0.3) is 0 Å². The molecule has 4 heteroatoms. The Morgan fingerprint density at radius 2 is 1.44 bits per heavy atom. The van der Waals surface area contributed by atoms with Crippen LogP contribution in [-0.2, 0) is 9.57 Å². The van der Waals surface area contributed by atoms with Crippen LogP contribution < -0.4 is 4.74 Å². The van der Waals surface area contributed by atoms with Crippen molar-refractivity contribution in [3.05, 3.63) is 66.2 Å². The van der Waals surface area contributed by atoms with Crippen LogP contribution in [0, 0.1) is 0 Å². The topological polar surface area (TPSA) is 40.0 Å². The van der Waals surface area contributed by atoms with Crippen molar-refractivity contribution in [1.82, 2.24) is 0 Å². The third-order valence-electron chi connectivity index (χ3n) is 3.20. The van der Waals surface area contributed by atoms with Gasteiger partial charge in [-0.25, -0.2) is 0 Å². The Bertz CT molecular complexity index is 649. The number of hydrogen-bond donors (Lipinski definition) is 0. The fraction of sp³-hybridized carbons (Fsp3) is 0.348. The van der Waals surface area contributed by atoms with Gasteiger partial charge < -0.3 is 14.3 Å². The largest absolute Gasteiger partial charge is 0.490 e. The highest BCUT2D eigenvalue weighted by molar-refractivity contribution is 5.90. The molecule has 27 heavy (non-hydrogen) atoms. The van der Waals surface area contributed by atoms with Crippen LogP contribution in [0.15, 0.2) is 65.8 Å².